The molecule has 0 aromatic heterocycles. The average Bonchev–Trinajstić information content (AvgIpc) is 2.95. The average molecular weight is 276 g/mol. The Morgan fingerprint density at radius 2 is 1.36 bits per heavy atom. The second-order valence-corrected chi connectivity index (χ2v) is 6.24. The minimum atomic E-state index is 1.32. The molecule has 22 heavy (non-hydrogen) atoms. The highest BCUT2D eigenvalue weighted by Gasteiger charge is 2.16. The normalized spacial score (nSPS) is 12.9. The molecular formula is C22H12. The number of rotatable bonds is 0. The largest absolute Gasteiger partial charge is 0.0616 e. The Bertz CT molecular complexity index is 1310. The summed E-state index contributed by atoms with van der Waals surface area (Å²) in [7, 11) is 0. The molecule has 5 aromatic rings. The van der Waals surface area contributed by atoms with E-state index in [1.165, 1.54) is 53.9 Å². The van der Waals surface area contributed by atoms with Crippen LogP contribution in [0.2, 0.25) is 0 Å². The highest BCUT2D eigenvalue weighted by atomic mass is 14.2. The third-order valence-corrected chi connectivity index (χ3v) is 5.09. The Balaban J connectivity index is 2.11. The van der Waals surface area contributed by atoms with Gasteiger partial charge in [-0.3, -0.25) is 0 Å². The molecule has 0 amide bonds. The van der Waals surface area contributed by atoms with E-state index < -0.39 is 0 Å². The summed E-state index contributed by atoms with van der Waals surface area (Å²) in [6.45, 7) is 0. The lowest BCUT2D eigenvalue weighted by atomic mass is 9.91. The van der Waals surface area contributed by atoms with Crippen LogP contribution in [0.5, 0.6) is 0 Å². The number of hydrogen-bond acceptors (Lipinski definition) is 0. The Morgan fingerprint density at radius 3 is 2.36 bits per heavy atom. The minimum absolute atomic E-state index is 1.32. The van der Waals surface area contributed by atoms with E-state index in [0.29, 0.717) is 0 Å². The van der Waals surface area contributed by atoms with Gasteiger partial charge in [0, 0.05) is 0 Å². The van der Waals surface area contributed by atoms with Gasteiger partial charge in [-0.05, 0) is 72.1 Å². The van der Waals surface area contributed by atoms with Crippen LogP contribution in [0, 0.1) is 0 Å². The molecule has 0 spiro atoms. The third kappa shape index (κ3) is 1.12. The van der Waals surface area contributed by atoms with Crippen molar-refractivity contribution in [3.8, 4) is 0 Å². The van der Waals surface area contributed by atoms with Crippen molar-refractivity contribution in [1.29, 1.82) is 0 Å². The number of fused-ring (bicyclic) bond motifs is 2. The van der Waals surface area contributed by atoms with Gasteiger partial charge in [0.25, 0.3) is 0 Å². The summed E-state index contributed by atoms with van der Waals surface area (Å²) >= 11 is 0. The SMILES string of the molecule is C1=c2ccc3cc4ccccc4c4cc5cccc1c5c2c34. The molecule has 0 fully saturated rings. The molecule has 5 aromatic carbocycles. The molecule has 1 aliphatic carbocycles. The highest BCUT2D eigenvalue weighted by Crippen LogP contribution is 2.39. The Labute approximate surface area is 127 Å². The fourth-order valence-electron chi connectivity index (χ4n) is 4.20. The van der Waals surface area contributed by atoms with Crippen molar-refractivity contribution in [2.24, 2.45) is 0 Å². The van der Waals surface area contributed by atoms with Crippen LogP contribution in [0.25, 0.3) is 49.2 Å². The summed E-state index contributed by atoms with van der Waals surface area (Å²) in [6.07, 6.45) is 2.33. The van der Waals surface area contributed by atoms with E-state index >= 15 is 0 Å². The van der Waals surface area contributed by atoms with Gasteiger partial charge in [0.2, 0.25) is 0 Å². The zero-order chi connectivity index (χ0) is 14.3. The Kier molecular flexibility index (Phi) is 1.71. The van der Waals surface area contributed by atoms with Crippen LogP contribution in [-0.4, -0.2) is 0 Å². The van der Waals surface area contributed by atoms with Crippen molar-refractivity contribution in [3.63, 3.8) is 0 Å². The molecule has 0 bridgehead atoms. The summed E-state index contributed by atoms with van der Waals surface area (Å²) in [5.74, 6) is 0. The predicted octanol–water partition coefficient (Wildman–Crippen LogP) is 5.16. The number of hydrogen-bond donors (Lipinski definition) is 0. The van der Waals surface area contributed by atoms with E-state index in [4.69, 9.17) is 0 Å². The van der Waals surface area contributed by atoms with E-state index in [-0.39, 0.29) is 0 Å². The molecule has 1 aliphatic rings. The topological polar surface area (TPSA) is 0 Å². The van der Waals surface area contributed by atoms with Crippen molar-refractivity contribution in [2.75, 3.05) is 0 Å². The quantitative estimate of drug-likeness (QED) is 0.265. The van der Waals surface area contributed by atoms with Crippen molar-refractivity contribution >= 4 is 49.2 Å². The first-order valence-electron chi connectivity index (χ1n) is 7.71. The fraction of sp³-hybridized carbons (Fsp3) is 0. The lowest BCUT2D eigenvalue weighted by Gasteiger charge is -2.12. The van der Waals surface area contributed by atoms with Crippen LogP contribution in [0.4, 0.5) is 0 Å². The van der Waals surface area contributed by atoms with E-state index in [9.17, 15) is 0 Å². The van der Waals surface area contributed by atoms with Crippen LogP contribution < -0.4 is 5.22 Å². The maximum atomic E-state index is 2.37. The Hall–Kier alpha value is -2.86. The van der Waals surface area contributed by atoms with Gasteiger partial charge in [-0.1, -0.05) is 54.6 Å². The van der Waals surface area contributed by atoms with Gasteiger partial charge in [-0.2, -0.15) is 0 Å². The third-order valence-electron chi connectivity index (χ3n) is 5.09. The predicted molar refractivity (Wildman–Crippen MR) is 95.3 cm³/mol. The summed E-state index contributed by atoms with van der Waals surface area (Å²) in [5.41, 5.74) is 1.36. The maximum Gasteiger partial charge on any atom is -0.00143 e. The molecule has 0 saturated heterocycles. The van der Waals surface area contributed by atoms with Gasteiger partial charge in [0.05, 0.1) is 0 Å². The first-order valence-corrected chi connectivity index (χ1v) is 7.71. The van der Waals surface area contributed by atoms with Crippen LogP contribution in [0.3, 0.4) is 0 Å². The van der Waals surface area contributed by atoms with E-state index in [1.54, 1.807) is 0 Å². The maximum absolute atomic E-state index is 2.37. The molecule has 6 rings (SSSR count). The molecule has 0 unspecified atom stereocenters. The van der Waals surface area contributed by atoms with Crippen LogP contribution in [0.1, 0.15) is 5.56 Å². The Morgan fingerprint density at radius 1 is 0.500 bits per heavy atom. The molecule has 0 saturated carbocycles. The first-order chi connectivity index (χ1) is 10.9. The van der Waals surface area contributed by atoms with Gasteiger partial charge in [-0.15, -0.1) is 0 Å². The molecule has 0 heteroatoms. The lowest BCUT2D eigenvalue weighted by molar-refractivity contribution is 1.76. The van der Waals surface area contributed by atoms with Gasteiger partial charge >= 0.3 is 0 Å². The standard InChI is InChI=1S/C22H12/c1-2-7-18-13(4-1)10-16-8-9-17-11-14-5-3-6-15-12-19(18)21(16)22(17)20(14)15/h1-12H. The van der Waals surface area contributed by atoms with Gasteiger partial charge in [0.15, 0.2) is 0 Å². The molecule has 0 N–H and O–H groups in total. The second-order valence-electron chi connectivity index (χ2n) is 6.24. The summed E-state index contributed by atoms with van der Waals surface area (Å²) in [6, 6.07) is 24.6. The minimum Gasteiger partial charge on any atom is -0.0616 e. The first kappa shape index (κ1) is 10.8. The van der Waals surface area contributed by atoms with Crippen molar-refractivity contribution < 1.29 is 0 Å². The summed E-state index contributed by atoms with van der Waals surface area (Å²) in [5, 5.41) is 12.4. The zero-order valence-electron chi connectivity index (χ0n) is 11.9. The van der Waals surface area contributed by atoms with Crippen molar-refractivity contribution in [1.82, 2.24) is 0 Å². The second kappa shape index (κ2) is 3.48. The monoisotopic (exact) mass is 276 g/mol. The van der Waals surface area contributed by atoms with E-state index in [1.807, 2.05) is 0 Å². The van der Waals surface area contributed by atoms with Gasteiger partial charge < -0.3 is 0 Å². The van der Waals surface area contributed by atoms with Crippen LogP contribution in [-0.2, 0) is 0 Å². The molecule has 0 radical (unpaired) electrons. The molecule has 0 aliphatic heterocycles. The highest BCUT2D eigenvalue weighted by molar-refractivity contribution is 6.30. The smallest absolute Gasteiger partial charge is 0.00143 e. The molecule has 0 heterocycles. The summed E-state index contributed by atoms with van der Waals surface area (Å²) < 4.78 is 0. The van der Waals surface area contributed by atoms with Crippen molar-refractivity contribution in [3.05, 3.63) is 77.5 Å². The molecule has 0 atom stereocenters. The van der Waals surface area contributed by atoms with Gasteiger partial charge in [-0.25, -0.2) is 0 Å². The van der Waals surface area contributed by atoms with Crippen molar-refractivity contribution in [2.45, 2.75) is 0 Å². The van der Waals surface area contributed by atoms with E-state index in [0.717, 1.165) is 0 Å². The molecule has 0 nitrogen and oxygen atoms in total. The zero-order valence-corrected chi connectivity index (χ0v) is 11.9. The fourth-order valence-corrected chi connectivity index (χ4v) is 4.20. The summed E-state index contributed by atoms with van der Waals surface area (Å²) in [4.78, 5) is 0. The van der Waals surface area contributed by atoms with Crippen LogP contribution >= 0.6 is 0 Å². The molecular weight excluding hydrogens is 264 g/mol. The van der Waals surface area contributed by atoms with Crippen LogP contribution in [0.15, 0.2) is 66.7 Å². The van der Waals surface area contributed by atoms with E-state index in [2.05, 4.69) is 72.8 Å². The molecule has 100 valence electrons. The van der Waals surface area contributed by atoms with Gasteiger partial charge in [0.1, 0.15) is 0 Å². The lowest BCUT2D eigenvalue weighted by Crippen LogP contribution is -1.98. The number of benzene rings is 5.